The van der Waals surface area contributed by atoms with Crippen molar-refractivity contribution in [2.45, 2.75) is 57.5 Å². The molecule has 0 bridgehead atoms. The normalized spacial score (nSPS) is 14.4. The molecule has 0 aliphatic carbocycles. The molecule has 23 heavy (non-hydrogen) atoms. The van der Waals surface area contributed by atoms with Gasteiger partial charge in [-0.05, 0) is 27.2 Å². The van der Waals surface area contributed by atoms with Crippen molar-refractivity contribution in [1.82, 2.24) is 5.32 Å². The van der Waals surface area contributed by atoms with Crippen molar-refractivity contribution in [2.75, 3.05) is 13.7 Å². The summed E-state index contributed by atoms with van der Waals surface area (Å²) in [6.45, 7) is 4.25. The first kappa shape index (κ1) is 24.2. The third-order valence-corrected chi connectivity index (χ3v) is 2.58. The van der Waals surface area contributed by atoms with E-state index < -0.39 is 42.3 Å². The maximum Gasteiger partial charge on any atom is 0.405 e. The molecule has 0 aromatic heterocycles. The topological polar surface area (TPSA) is 90.7 Å². The lowest BCUT2D eigenvalue weighted by molar-refractivity contribution is -0.161. The molecule has 2 unspecified atom stereocenters. The molecule has 0 rings (SSSR count). The number of halogens is 4. The summed E-state index contributed by atoms with van der Waals surface area (Å²) in [5, 5.41) is 2.08. The lowest BCUT2D eigenvalue weighted by atomic mass is 10.1. The second-order valence-electron chi connectivity index (χ2n) is 5.70. The third-order valence-electron chi connectivity index (χ3n) is 2.58. The molecule has 0 radical (unpaired) electrons. The largest absolute Gasteiger partial charge is 0.468 e. The fourth-order valence-electron chi connectivity index (χ4n) is 1.61. The Bertz CT molecular complexity index is 386. The SMILES string of the molecule is COC(=O)C(CCC(=O)OC(C)(C)C)NC(CN)C(F)(F)F.Cl. The van der Waals surface area contributed by atoms with Crippen LogP contribution in [0.5, 0.6) is 0 Å². The molecule has 0 fully saturated rings. The Balaban J connectivity index is 0. The number of hydrogen-bond donors (Lipinski definition) is 2. The second kappa shape index (κ2) is 9.94. The van der Waals surface area contributed by atoms with Crippen LogP contribution in [-0.4, -0.2) is 49.5 Å². The second-order valence-corrected chi connectivity index (χ2v) is 5.70. The summed E-state index contributed by atoms with van der Waals surface area (Å²) in [6, 6.07) is -3.36. The molecule has 6 nitrogen and oxygen atoms in total. The third kappa shape index (κ3) is 10.4. The van der Waals surface area contributed by atoms with Crippen LogP contribution in [0.15, 0.2) is 0 Å². The Morgan fingerprint density at radius 2 is 1.74 bits per heavy atom. The average Bonchev–Trinajstić information content (AvgIpc) is 2.34. The van der Waals surface area contributed by atoms with Gasteiger partial charge in [0.05, 0.1) is 7.11 Å². The lowest BCUT2D eigenvalue weighted by Gasteiger charge is -2.25. The number of hydrogen-bond acceptors (Lipinski definition) is 6. The minimum Gasteiger partial charge on any atom is -0.468 e. The first-order valence-corrected chi connectivity index (χ1v) is 6.73. The van der Waals surface area contributed by atoms with Crippen molar-refractivity contribution in [2.24, 2.45) is 5.73 Å². The van der Waals surface area contributed by atoms with Crippen LogP contribution < -0.4 is 11.1 Å². The first-order chi connectivity index (χ1) is 9.90. The zero-order chi connectivity index (χ0) is 17.6. The summed E-state index contributed by atoms with van der Waals surface area (Å²) in [5.74, 6) is -1.51. The number of methoxy groups -OCH3 is 1. The van der Waals surface area contributed by atoms with Crippen LogP contribution in [0.25, 0.3) is 0 Å². The van der Waals surface area contributed by atoms with Crippen molar-refractivity contribution in [3.05, 3.63) is 0 Å². The highest BCUT2D eigenvalue weighted by atomic mass is 35.5. The van der Waals surface area contributed by atoms with E-state index in [4.69, 9.17) is 10.5 Å². The number of carbonyl (C=O) groups is 2. The molecule has 0 saturated carbocycles. The van der Waals surface area contributed by atoms with Crippen LogP contribution in [0, 0.1) is 0 Å². The predicted octanol–water partition coefficient (Wildman–Crippen LogP) is 1.55. The van der Waals surface area contributed by atoms with Crippen molar-refractivity contribution in [3.63, 3.8) is 0 Å². The van der Waals surface area contributed by atoms with Crippen LogP contribution in [0.1, 0.15) is 33.6 Å². The summed E-state index contributed by atoms with van der Waals surface area (Å²) >= 11 is 0. The molecule has 0 heterocycles. The Kier molecular flexibility index (Phi) is 10.5. The van der Waals surface area contributed by atoms with Crippen molar-refractivity contribution in [3.8, 4) is 0 Å². The molecule has 0 aromatic rings. The fraction of sp³-hybridized carbons (Fsp3) is 0.846. The Morgan fingerprint density at radius 1 is 1.22 bits per heavy atom. The lowest BCUT2D eigenvalue weighted by Crippen LogP contribution is -2.54. The highest BCUT2D eigenvalue weighted by molar-refractivity contribution is 5.85. The fourth-order valence-corrected chi connectivity index (χ4v) is 1.61. The molecular formula is C13H24ClF3N2O4. The minimum atomic E-state index is -4.60. The summed E-state index contributed by atoms with van der Waals surface area (Å²) in [6.07, 6.45) is -5.01. The summed E-state index contributed by atoms with van der Waals surface area (Å²) in [4.78, 5) is 23.1. The number of nitrogens with two attached hydrogens (primary N) is 1. The summed E-state index contributed by atoms with van der Waals surface area (Å²) in [5.41, 5.74) is 4.35. The van der Waals surface area contributed by atoms with Crippen molar-refractivity contribution >= 4 is 24.3 Å². The summed E-state index contributed by atoms with van der Waals surface area (Å²) in [7, 11) is 1.05. The minimum absolute atomic E-state index is 0. The Morgan fingerprint density at radius 3 is 2.09 bits per heavy atom. The molecule has 0 spiro atoms. The van der Waals surface area contributed by atoms with Gasteiger partial charge in [0.25, 0.3) is 0 Å². The van der Waals surface area contributed by atoms with Gasteiger partial charge in [-0.15, -0.1) is 12.4 Å². The van der Waals surface area contributed by atoms with Crippen molar-refractivity contribution < 1.29 is 32.2 Å². The monoisotopic (exact) mass is 364 g/mol. The van der Waals surface area contributed by atoms with Crippen LogP contribution in [0.2, 0.25) is 0 Å². The zero-order valence-electron chi connectivity index (χ0n) is 13.5. The van der Waals surface area contributed by atoms with E-state index in [0.717, 1.165) is 7.11 Å². The summed E-state index contributed by atoms with van der Waals surface area (Å²) < 4.78 is 47.5. The van der Waals surface area contributed by atoms with Crippen LogP contribution >= 0.6 is 12.4 Å². The van der Waals surface area contributed by atoms with Gasteiger partial charge in [-0.1, -0.05) is 0 Å². The van der Waals surface area contributed by atoms with Gasteiger partial charge in [0.2, 0.25) is 0 Å². The zero-order valence-corrected chi connectivity index (χ0v) is 14.3. The van der Waals surface area contributed by atoms with E-state index in [-0.39, 0.29) is 25.2 Å². The standard InChI is InChI=1S/C13H23F3N2O4.ClH/c1-12(2,3)22-10(19)6-5-8(11(20)21-4)18-9(7-17)13(14,15)16;/h8-9,18H,5-7,17H2,1-4H3;1H. The molecule has 0 saturated heterocycles. The first-order valence-electron chi connectivity index (χ1n) is 6.73. The number of rotatable bonds is 7. The quantitative estimate of drug-likeness (QED) is 0.666. The van der Waals surface area contributed by atoms with Gasteiger partial charge in [-0.25, -0.2) is 0 Å². The van der Waals surface area contributed by atoms with Crippen LogP contribution in [0.4, 0.5) is 13.2 Å². The van der Waals surface area contributed by atoms with Crippen molar-refractivity contribution in [1.29, 1.82) is 0 Å². The highest BCUT2D eigenvalue weighted by Gasteiger charge is 2.41. The number of esters is 2. The van der Waals surface area contributed by atoms with Gasteiger partial charge in [-0.2, -0.15) is 13.2 Å². The number of nitrogens with one attached hydrogen (secondary N) is 1. The Labute approximate surface area is 139 Å². The molecular weight excluding hydrogens is 341 g/mol. The highest BCUT2D eigenvalue weighted by Crippen LogP contribution is 2.20. The van der Waals surface area contributed by atoms with E-state index >= 15 is 0 Å². The molecule has 3 N–H and O–H groups in total. The number of alkyl halides is 3. The van der Waals surface area contributed by atoms with E-state index in [9.17, 15) is 22.8 Å². The van der Waals surface area contributed by atoms with Gasteiger partial charge < -0.3 is 15.2 Å². The smallest absolute Gasteiger partial charge is 0.405 e. The van der Waals surface area contributed by atoms with E-state index in [1.54, 1.807) is 20.8 Å². The molecule has 2 atom stereocenters. The Hall–Kier alpha value is -1.06. The average molecular weight is 365 g/mol. The van der Waals surface area contributed by atoms with Crippen LogP contribution in [0.3, 0.4) is 0 Å². The van der Waals surface area contributed by atoms with Gasteiger partial charge in [-0.3, -0.25) is 14.9 Å². The molecule has 138 valence electrons. The maximum atomic E-state index is 12.7. The van der Waals surface area contributed by atoms with Gasteiger partial charge in [0, 0.05) is 13.0 Å². The number of carbonyl (C=O) groups excluding carboxylic acids is 2. The molecule has 0 aliphatic rings. The predicted molar refractivity (Wildman–Crippen MR) is 80.2 cm³/mol. The molecule has 0 aliphatic heterocycles. The van der Waals surface area contributed by atoms with Gasteiger partial charge in [0.1, 0.15) is 17.7 Å². The van der Waals surface area contributed by atoms with E-state index in [2.05, 4.69) is 10.1 Å². The van der Waals surface area contributed by atoms with E-state index in [1.165, 1.54) is 0 Å². The van der Waals surface area contributed by atoms with Crippen LogP contribution in [-0.2, 0) is 19.1 Å². The van der Waals surface area contributed by atoms with E-state index in [1.807, 2.05) is 0 Å². The molecule has 10 heteroatoms. The van der Waals surface area contributed by atoms with Gasteiger partial charge in [0.15, 0.2) is 0 Å². The molecule has 0 aromatic carbocycles. The molecule has 0 amide bonds. The van der Waals surface area contributed by atoms with Gasteiger partial charge >= 0.3 is 18.1 Å². The number of ether oxygens (including phenoxy) is 2. The van der Waals surface area contributed by atoms with E-state index in [0.29, 0.717) is 0 Å². The maximum absolute atomic E-state index is 12.7.